The third kappa shape index (κ3) is 3.54. The van der Waals surface area contributed by atoms with E-state index in [0.717, 1.165) is 30.8 Å². The molecule has 0 saturated carbocycles. The number of benzene rings is 1. The van der Waals surface area contributed by atoms with Crippen molar-refractivity contribution in [3.63, 3.8) is 0 Å². The van der Waals surface area contributed by atoms with Gasteiger partial charge in [-0.25, -0.2) is 0 Å². The Bertz CT molecular complexity index is 750. The quantitative estimate of drug-likeness (QED) is 0.844. The molecule has 4 nitrogen and oxygen atoms in total. The molecule has 1 N–H and O–H groups in total. The summed E-state index contributed by atoms with van der Waals surface area (Å²) < 4.78 is 0. The Kier molecular flexibility index (Phi) is 4.70. The number of anilines is 1. The Morgan fingerprint density at radius 2 is 2.12 bits per heavy atom. The molecule has 0 radical (unpaired) electrons. The summed E-state index contributed by atoms with van der Waals surface area (Å²) in [6.45, 7) is 2.88. The van der Waals surface area contributed by atoms with Gasteiger partial charge in [0.1, 0.15) is 5.82 Å². The molecular formula is C21H25N3O. The lowest BCUT2D eigenvalue weighted by Crippen LogP contribution is -2.41. The Labute approximate surface area is 149 Å². The lowest BCUT2D eigenvalue weighted by atomic mass is 9.90. The summed E-state index contributed by atoms with van der Waals surface area (Å²) >= 11 is 0. The van der Waals surface area contributed by atoms with E-state index >= 15 is 0 Å². The van der Waals surface area contributed by atoms with Crippen LogP contribution < -0.4 is 4.90 Å². The molecule has 2 aliphatic heterocycles. The van der Waals surface area contributed by atoms with Crippen molar-refractivity contribution >= 4 is 17.8 Å². The first-order valence-corrected chi connectivity index (χ1v) is 9.21. The molecule has 1 aromatic carbocycles. The molecular weight excluding hydrogens is 310 g/mol. The van der Waals surface area contributed by atoms with Crippen LogP contribution >= 0.6 is 0 Å². The number of fused-ring (bicyclic) bond motifs is 1. The van der Waals surface area contributed by atoms with Crippen molar-refractivity contribution in [3.8, 4) is 0 Å². The van der Waals surface area contributed by atoms with Gasteiger partial charge in [0.15, 0.2) is 0 Å². The molecule has 1 unspecified atom stereocenters. The highest BCUT2D eigenvalue weighted by Crippen LogP contribution is 2.32. The third-order valence-corrected chi connectivity index (χ3v) is 5.45. The van der Waals surface area contributed by atoms with Crippen LogP contribution in [0.15, 0.2) is 48.7 Å². The van der Waals surface area contributed by atoms with E-state index in [1.807, 2.05) is 36.5 Å². The monoisotopic (exact) mass is 335 g/mol. The van der Waals surface area contributed by atoms with E-state index in [1.165, 1.54) is 36.9 Å². The minimum atomic E-state index is 0.583. The number of amides is 1. The maximum absolute atomic E-state index is 11.6. The van der Waals surface area contributed by atoms with Crippen molar-refractivity contribution in [1.29, 1.82) is 0 Å². The number of hydrogen-bond donors (Lipinski definition) is 1. The summed E-state index contributed by atoms with van der Waals surface area (Å²) in [5, 5.41) is 0. The van der Waals surface area contributed by atoms with Gasteiger partial charge in [-0.3, -0.25) is 14.6 Å². The van der Waals surface area contributed by atoms with Crippen molar-refractivity contribution in [1.82, 2.24) is 9.88 Å². The molecule has 0 aliphatic carbocycles. The molecule has 1 saturated heterocycles. The van der Waals surface area contributed by atoms with Crippen molar-refractivity contribution in [2.24, 2.45) is 0 Å². The van der Waals surface area contributed by atoms with Crippen LogP contribution in [0.5, 0.6) is 0 Å². The smallest absolute Gasteiger partial charge is 0.215 e. The number of carbonyl (C=O) groups excluding carboxylic acids is 1. The standard InChI is InChI=1S/C21H25N3O/c25-16-24(15-17-6-2-1-3-7-17)21-13-19(14-22-21)18-9-11-23-10-5-4-8-20(23)12-18/h1-3,6-7,9,13-14,16,20,22H,4-5,8,10-12,15H2. The summed E-state index contributed by atoms with van der Waals surface area (Å²) in [4.78, 5) is 19.2. The van der Waals surface area contributed by atoms with E-state index in [-0.39, 0.29) is 0 Å². The van der Waals surface area contributed by atoms with Crippen LogP contribution in [0.4, 0.5) is 5.82 Å². The highest BCUT2D eigenvalue weighted by Gasteiger charge is 2.26. The fourth-order valence-electron chi connectivity index (χ4n) is 4.02. The third-order valence-electron chi connectivity index (χ3n) is 5.45. The van der Waals surface area contributed by atoms with Crippen LogP contribution in [0.2, 0.25) is 0 Å². The zero-order valence-electron chi connectivity index (χ0n) is 14.5. The highest BCUT2D eigenvalue weighted by atomic mass is 16.1. The molecule has 4 heteroatoms. The number of hydrogen-bond acceptors (Lipinski definition) is 2. The molecule has 25 heavy (non-hydrogen) atoms. The summed E-state index contributed by atoms with van der Waals surface area (Å²) in [6.07, 6.45) is 10.4. The lowest BCUT2D eigenvalue weighted by molar-refractivity contribution is -0.107. The van der Waals surface area contributed by atoms with Crippen LogP contribution in [0.3, 0.4) is 0 Å². The molecule has 1 aromatic heterocycles. The predicted molar refractivity (Wildman–Crippen MR) is 101 cm³/mol. The van der Waals surface area contributed by atoms with Gasteiger partial charge in [-0.1, -0.05) is 42.8 Å². The normalized spacial score (nSPS) is 20.6. The number of piperidine rings is 1. The van der Waals surface area contributed by atoms with Gasteiger partial charge in [0.2, 0.25) is 6.41 Å². The molecule has 0 bridgehead atoms. The van der Waals surface area contributed by atoms with Crippen molar-refractivity contribution < 1.29 is 4.79 Å². The number of aromatic nitrogens is 1. The summed E-state index contributed by atoms with van der Waals surface area (Å²) in [6, 6.07) is 12.9. The average molecular weight is 335 g/mol. The Hall–Kier alpha value is -2.33. The van der Waals surface area contributed by atoms with Gasteiger partial charge in [-0.15, -0.1) is 0 Å². The second-order valence-electron chi connectivity index (χ2n) is 7.07. The van der Waals surface area contributed by atoms with Gasteiger partial charge in [-0.2, -0.15) is 0 Å². The van der Waals surface area contributed by atoms with Gasteiger partial charge in [-0.05, 0) is 48.6 Å². The Morgan fingerprint density at radius 3 is 2.96 bits per heavy atom. The van der Waals surface area contributed by atoms with Crippen LogP contribution in [0, 0.1) is 0 Å². The number of nitrogens with one attached hydrogen (secondary N) is 1. The van der Waals surface area contributed by atoms with Gasteiger partial charge in [0.25, 0.3) is 0 Å². The zero-order chi connectivity index (χ0) is 17.1. The Balaban J connectivity index is 1.49. The predicted octanol–water partition coefficient (Wildman–Crippen LogP) is 3.82. The second-order valence-corrected chi connectivity index (χ2v) is 7.07. The molecule has 0 spiro atoms. The maximum atomic E-state index is 11.6. The molecule has 1 amide bonds. The number of carbonyl (C=O) groups is 1. The van der Waals surface area contributed by atoms with E-state index in [1.54, 1.807) is 4.90 Å². The topological polar surface area (TPSA) is 39.3 Å². The first-order chi connectivity index (χ1) is 12.3. The largest absolute Gasteiger partial charge is 0.347 e. The van der Waals surface area contributed by atoms with Crippen LogP contribution in [0.1, 0.15) is 36.8 Å². The molecule has 1 fully saturated rings. The van der Waals surface area contributed by atoms with Gasteiger partial charge < -0.3 is 4.98 Å². The minimum absolute atomic E-state index is 0.583. The van der Waals surface area contributed by atoms with E-state index in [2.05, 4.69) is 22.0 Å². The highest BCUT2D eigenvalue weighted by molar-refractivity contribution is 5.77. The van der Waals surface area contributed by atoms with Gasteiger partial charge in [0, 0.05) is 18.8 Å². The van der Waals surface area contributed by atoms with Gasteiger partial charge >= 0.3 is 0 Å². The van der Waals surface area contributed by atoms with Crippen LogP contribution in [-0.2, 0) is 11.3 Å². The molecule has 3 heterocycles. The molecule has 2 aromatic rings. The second kappa shape index (κ2) is 7.28. The van der Waals surface area contributed by atoms with E-state index in [9.17, 15) is 4.79 Å². The number of nitrogens with zero attached hydrogens (tertiary/aromatic N) is 2. The van der Waals surface area contributed by atoms with E-state index < -0.39 is 0 Å². The fraction of sp³-hybridized carbons (Fsp3) is 0.381. The molecule has 130 valence electrons. The zero-order valence-corrected chi connectivity index (χ0v) is 14.5. The summed E-state index contributed by atoms with van der Waals surface area (Å²) in [5.74, 6) is 0.862. The minimum Gasteiger partial charge on any atom is -0.347 e. The van der Waals surface area contributed by atoms with Gasteiger partial charge in [0.05, 0.1) is 6.54 Å². The van der Waals surface area contributed by atoms with Crippen molar-refractivity contribution in [3.05, 3.63) is 59.8 Å². The van der Waals surface area contributed by atoms with Crippen molar-refractivity contribution in [2.75, 3.05) is 18.0 Å². The van der Waals surface area contributed by atoms with E-state index in [0.29, 0.717) is 12.6 Å². The molecule has 2 aliphatic rings. The number of rotatable bonds is 5. The summed E-state index contributed by atoms with van der Waals surface area (Å²) in [5.41, 5.74) is 3.76. The van der Waals surface area contributed by atoms with Crippen LogP contribution in [0.25, 0.3) is 5.57 Å². The van der Waals surface area contributed by atoms with Crippen molar-refractivity contribution in [2.45, 2.75) is 38.3 Å². The van der Waals surface area contributed by atoms with E-state index in [4.69, 9.17) is 0 Å². The maximum Gasteiger partial charge on any atom is 0.215 e. The molecule has 1 atom stereocenters. The average Bonchev–Trinajstić information content (AvgIpc) is 3.16. The lowest BCUT2D eigenvalue weighted by Gasteiger charge is -2.38. The Morgan fingerprint density at radius 1 is 1.24 bits per heavy atom. The molecule has 4 rings (SSSR count). The SMILES string of the molecule is O=CN(Cc1ccccc1)c1cc(C2=CCN3CCCCC3C2)c[nH]1. The van der Waals surface area contributed by atoms with Crippen LogP contribution in [-0.4, -0.2) is 35.4 Å². The first kappa shape index (κ1) is 16.2. The number of aromatic amines is 1. The first-order valence-electron chi connectivity index (χ1n) is 9.21. The number of H-pyrrole nitrogens is 1. The summed E-state index contributed by atoms with van der Waals surface area (Å²) in [7, 11) is 0. The fourth-order valence-corrected chi connectivity index (χ4v) is 4.02.